The molecule has 0 unspecified atom stereocenters. The van der Waals surface area contributed by atoms with Crippen molar-refractivity contribution in [3.05, 3.63) is 46.8 Å². The highest BCUT2D eigenvalue weighted by atomic mass is 16.1. The second-order valence-electron chi connectivity index (χ2n) is 6.13. The Hall–Kier alpha value is -2.14. The Morgan fingerprint density at radius 3 is 2.74 bits per heavy atom. The molecule has 1 aromatic carbocycles. The van der Waals surface area contributed by atoms with E-state index in [1.807, 2.05) is 4.68 Å². The van der Waals surface area contributed by atoms with Crippen molar-refractivity contribution in [3.8, 4) is 5.69 Å². The van der Waals surface area contributed by atoms with E-state index in [9.17, 15) is 4.79 Å². The smallest absolute Gasteiger partial charge is 0.272 e. The van der Waals surface area contributed by atoms with Gasteiger partial charge in [-0.2, -0.15) is 5.10 Å². The zero-order chi connectivity index (χ0) is 16.2. The quantitative estimate of drug-likeness (QED) is 0.831. The van der Waals surface area contributed by atoms with Crippen LogP contribution >= 0.6 is 0 Å². The maximum atomic E-state index is 12.5. The molecule has 5 nitrogen and oxygen atoms in total. The molecule has 2 aromatic rings. The van der Waals surface area contributed by atoms with Crippen molar-refractivity contribution in [2.45, 2.75) is 39.0 Å². The molecule has 0 saturated carbocycles. The molecule has 0 radical (unpaired) electrons. The first kappa shape index (κ1) is 15.7. The Labute approximate surface area is 136 Å². The minimum absolute atomic E-state index is 0.0811. The molecule has 1 aliphatic rings. The van der Waals surface area contributed by atoms with E-state index in [4.69, 9.17) is 5.73 Å². The average molecular weight is 312 g/mol. The number of aromatic nitrogens is 2. The fourth-order valence-corrected chi connectivity index (χ4v) is 3.07. The monoisotopic (exact) mass is 312 g/mol. The second kappa shape index (κ2) is 6.96. The lowest BCUT2D eigenvalue weighted by Gasteiger charge is -2.14. The van der Waals surface area contributed by atoms with E-state index in [-0.39, 0.29) is 5.91 Å². The third kappa shape index (κ3) is 3.29. The van der Waals surface area contributed by atoms with Gasteiger partial charge in [0.1, 0.15) is 0 Å². The number of rotatable bonds is 5. The van der Waals surface area contributed by atoms with Crippen molar-refractivity contribution in [1.29, 1.82) is 0 Å². The van der Waals surface area contributed by atoms with Gasteiger partial charge in [-0.3, -0.25) is 4.79 Å². The number of aryl methyl sites for hydroxylation is 1. The number of fused-ring (bicyclic) bond motifs is 1. The predicted octanol–water partition coefficient (Wildman–Crippen LogP) is 2.14. The summed E-state index contributed by atoms with van der Waals surface area (Å²) in [7, 11) is 0. The van der Waals surface area contributed by atoms with Gasteiger partial charge < -0.3 is 11.1 Å². The molecule has 0 saturated heterocycles. The molecule has 122 valence electrons. The van der Waals surface area contributed by atoms with Gasteiger partial charge in [-0.15, -0.1) is 0 Å². The van der Waals surface area contributed by atoms with Crippen LogP contribution in [0.2, 0.25) is 0 Å². The Morgan fingerprint density at radius 1 is 1.26 bits per heavy atom. The van der Waals surface area contributed by atoms with Crippen molar-refractivity contribution in [3.63, 3.8) is 0 Å². The van der Waals surface area contributed by atoms with E-state index in [0.29, 0.717) is 18.8 Å². The number of benzene rings is 1. The highest BCUT2D eigenvalue weighted by Gasteiger charge is 2.25. The van der Waals surface area contributed by atoms with E-state index in [1.165, 1.54) is 11.3 Å². The minimum atomic E-state index is -0.0811. The summed E-state index contributed by atoms with van der Waals surface area (Å²) in [6.07, 6.45) is 4.97. The number of amides is 1. The molecule has 1 heterocycles. The number of nitrogens with zero attached hydrogens (tertiary/aromatic N) is 2. The summed E-state index contributed by atoms with van der Waals surface area (Å²) in [6.45, 7) is 3.25. The van der Waals surface area contributed by atoms with Gasteiger partial charge in [-0.1, -0.05) is 17.7 Å². The van der Waals surface area contributed by atoms with Crippen LogP contribution in [0.4, 0.5) is 0 Å². The minimum Gasteiger partial charge on any atom is -0.351 e. The molecular formula is C18H24N4O. The summed E-state index contributed by atoms with van der Waals surface area (Å²) in [6, 6.07) is 8.28. The zero-order valence-corrected chi connectivity index (χ0v) is 13.6. The lowest BCUT2D eigenvalue weighted by molar-refractivity contribution is 0.0947. The van der Waals surface area contributed by atoms with E-state index in [2.05, 4.69) is 41.6 Å². The Balaban J connectivity index is 1.94. The Morgan fingerprint density at radius 2 is 2.00 bits per heavy atom. The molecule has 1 amide bonds. The fraction of sp³-hybridized carbons (Fsp3) is 0.444. The maximum absolute atomic E-state index is 12.5. The van der Waals surface area contributed by atoms with Gasteiger partial charge in [0.05, 0.1) is 5.69 Å². The summed E-state index contributed by atoms with van der Waals surface area (Å²) in [5, 5.41) is 7.57. The van der Waals surface area contributed by atoms with Crippen LogP contribution in [0, 0.1) is 6.92 Å². The third-order valence-corrected chi connectivity index (χ3v) is 4.34. The van der Waals surface area contributed by atoms with Crippen LogP contribution in [-0.2, 0) is 12.8 Å². The van der Waals surface area contributed by atoms with Gasteiger partial charge in [0.25, 0.3) is 5.91 Å². The zero-order valence-electron chi connectivity index (χ0n) is 13.6. The first-order chi connectivity index (χ1) is 11.2. The highest BCUT2D eigenvalue weighted by Crippen LogP contribution is 2.27. The number of nitrogens with two attached hydrogens (primary N) is 1. The van der Waals surface area contributed by atoms with Gasteiger partial charge in [0.2, 0.25) is 0 Å². The van der Waals surface area contributed by atoms with Gasteiger partial charge in [-0.25, -0.2) is 4.68 Å². The van der Waals surface area contributed by atoms with E-state index in [0.717, 1.165) is 43.4 Å². The molecule has 3 N–H and O–H groups in total. The summed E-state index contributed by atoms with van der Waals surface area (Å²) in [5.41, 5.74) is 10.6. The largest absolute Gasteiger partial charge is 0.351 e. The molecule has 0 bridgehead atoms. The normalized spacial score (nSPS) is 13.7. The fourth-order valence-electron chi connectivity index (χ4n) is 3.07. The highest BCUT2D eigenvalue weighted by molar-refractivity contribution is 5.94. The molecule has 0 aliphatic heterocycles. The van der Waals surface area contributed by atoms with Gasteiger partial charge in [-0.05, 0) is 57.7 Å². The molecular weight excluding hydrogens is 288 g/mol. The first-order valence-electron chi connectivity index (χ1n) is 8.37. The molecule has 0 spiro atoms. The second-order valence-corrected chi connectivity index (χ2v) is 6.13. The van der Waals surface area contributed by atoms with Crippen LogP contribution in [0.25, 0.3) is 5.69 Å². The van der Waals surface area contributed by atoms with E-state index in [1.54, 1.807) is 0 Å². The van der Waals surface area contributed by atoms with E-state index >= 15 is 0 Å². The summed E-state index contributed by atoms with van der Waals surface area (Å²) >= 11 is 0. The van der Waals surface area contributed by atoms with Gasteiger partial charge >= 0.3 is 0 Å². The van der Waals surface area contributed by atoms with E-state index < -0.39 is 0 Å². The van der Waals surface area contributed by atoms with Crippen LogP contribution in [0.5, 0.6) is 0 Å². The topological polar surface area (TPSA) is 72.9 Å². The summed E-state index contributed by atoms with van der Waals surface area (Å²) in [4.78, 5) is 12.5. The summed E-state index contributed by atoms with van der Waals surface area (Å²) < 4.78 is 1.95. The number of carbonyl (C=O) groups excluding carboxylic acids is 1. The van der Waals surface area contributed by atoms with Gasteiger partial charge in [0, 0.05) is 17.8 Å². The Kier molecular flexibility index (Phi) is 4.76. The lowest BCUT2D eigenvalue weighted by atomic mass is 9.95. The SMILES string of the molecule is Cc1ccc(-n2nc(C(=O)NCCCN)c3c2CCCC3)cc1. The standard InChI is InChI=1S/C18H24N4O/c1-13-7-9-14(10-8-13)22-16-6-3-2-5-15(16)17(21-22)18(23)20-12-4-11-19/h7-10H,2-6,11-12,19H2,1H3,(H,20,23). The predicted molar refractivity (Wildman–Crippen MR) is 90.9 cm³/mol. The maximum Gasteiger partial charge on any atom is 0.272 e. The van der Waals surface area contributed by atoms with Crippen LogP contribution in [0.15, 0.2) is 24.3 Å². The van der Waals surface area contributed by atoms with Crippen LogP contribution in [0.1, 0.15) is 46.6 Å². The van der Waals surface area contributed by atoms with Gasteiger partial charge in [0.15, 0.2) is 5.69 Å². The molecule has 5 heteroatoms. The molecule has 3 rings (SSSR count). The number of hydrogen-bond donors (Lipinski definition) is 2. The van der Waals surface area contributed by atoms with Crippen LogP contribution in [-0.4, -0.2) is 28.8 Å². The van der Waals surface area contributed by atoms with Crippen molar-refractivity contribution in [1.82, 2.24) is 15.1 Å². The molecule has 23 heavy (non-hydrogen) atoms. The molecule has 1 aliphatic carbocycles. The summed E-state index contributed by atoms with van der Waals surface area (Å²) in [5.74, 6) is -0.0811. The number of carbonyl (C=O) groups is 1. The van der Waals surface area contributed by atoms with Crippen LogP contribution < -0.4 is 11.1 Å². The molecule has 0 fully saturated rings. The van der Waals surface area contributed by atoms with Crippen molar-refractivity contribution in [2.75, 3.05) is 13.1 Å². The number of hydrogen-bond acceptors (Lipinski definition) is 3. The first-order valence-corrected chi connectivity index (χ1v) is 8.37. The van der Waals surface area contributed by atoms with Crippen molar-refractivity contribution < 1.29 is 4.79 Å². The number of nitrogens with one attached hydrogen (secondary N) is 1. The van der Waals surface area contributed by atoms with Crippen molar-refractivity contribution >= 4 is 5.91 Å². The third-order valence-electron chi connectivity index (χ3n) is 4.34. The molecule has 1 aromatic heterocycles. The molecule has 0 atom stereocenters. The average Bonchev–Trinajstić information content (AvgIpc) is 2.95. The van der Waals surface area contributed by atoms with Crippen molar-refractivity contribution in [2.24, 2.45) is 5.73 Å². The Bertz CT molecular complexity index is 688. The van der Waals surface area contributed by atoms with Crippen LogP contribution in [0.3, 0.4) is 0 Å². The lowest BCUT2D eigenvalue weighted by Crippen LogP contribution is -2.27.